The first kappa shape index (κ1) is 12.8. The van der Waals surface area contributed by atoms with Gasteiger partial charge in [-0.1, -0.05) is 13.8 Å². The standard InChI is InChI=1S/C10H19F3N2/c1-3-15(7-10(11,12)13)6-9-5-14-4-8(9)2/h8-9,14H,3-7H2,1-2H3/t8-,9+/m1/s1. The molecule has 90 valence electrons. The van der Waals surface area contributed by atoms with E-state index in [1.54, 1.807) is 6.92 Å². The third-order valence-corrected chi connectivity index (χ3v) is 3.02. The molecule has 0 spiro atoms. The van der Waals surface area contributed by atoms with Crippen LogP contribution in [0.4, 0.5) is 13.2 Å². The molecule has 1 heterocycles. The number of nitrogens with zero attached hydrogens (tertiary/aromatic N) is 1. The van der Waals surface area contributed by atoms with Gasteiger partial charge in [0.05, 0.1) is 6.54 Å². The van der Waals surface area contributed by atoms with Gasteiger partial charge in [0.2, 0.25) is 0 Å². The minimum absolute atomic E-state index is 0.354. The van der Waals surface area contributed by atoms with E-state index in [2.05, 4.69) is 12.2 Å². The zero-order chi connectivity index (χ0) is 11.5. The number of nitrogens with one attached hydrogen (secondary N) is 1. The van der Waals surface area contributed by atoms with Gasteiger partial charge < -0.3 is 5.32 Å². The number of hydrogen-bond acceptors (Lipinski definition) is 2. The molecular formula is C10H19F3N2. The Bertz CT molecular complexity index is 194. The Hall–Kier alpha value is -0.290. The number of alkyl halides is 3. The van der Waals surface area contributed by atoms with Crippen LogP contribution in [0.15, 0.2) is 0 Å². The average Bonchev–Trinajstić information content (AvgIpc) is 2.48. The van der Waals surface area contributed by atoms with Gasteiger partial charge in [-0.15, -0.1) is 0 Å². The van der Waals surface area contributed by atoms with Crippen molar-refractivity contribution in [2.75, 3.05) is 32.7 Å². The summed E-state index contributed by atoms with van der Waals surface area (Å²) < 4.78 is 36.6. The zero-order valence-electron chi connectivity index (χ0n) is 9.27. The molecule has 15 heavy (non-hydrogen) atoms. The van der Waals surface area contributed by atoms with E-state index in [1.807, 2.05) is 0 Å². The maximum atomic E-state index is 12.2. The van der Waals surface area contributed by atoms with Gasteiger partial charge >= 0.3 is 6.18 Å². The van der Waals surface area contributed by atoms with Gasteiger partial charge in [0.15, 0.2) is 0 Å². The summed E-state index contributed by atoms with van der Waals surface area (Å²) in [5.41, 5.74) is 0. The molecule has 1 saturated heterocycles. The molecular weight excluding hydrogens is 205 g/mol. The predicted molar refractivity (Wildman–Crippen MR) is 53.7 cm³/mol. The van der Waals surface area contributed by atoms with Crippen molar-refractivity contribution in [3.05, 3.63) is 0 Å². The van der Waals surface area contributed by atoms with Crippen LogP contribution in [-0.2, 0) is 0 Å². The molecule has 0 aromatic rings. The Morgan fingerprint density at radius 1 is 1.33 bits per heavy atom. The monoisotopic (exact) mass is 224 g/mol. The fourth-order valence-corrected chi connectivity index (χ4v) is 2.00. The van der Waals surface area contributed by atoms with Crippen LogP contribution in [0.2, 0.25) is 0 Å². The van der Waals surface area contributed by atoms with Crippen molar-refractivity contribution < 1.29 is 13.2 Å². The van der Waals surface area contributed by atoms with E-state index in [4.69, 9.17) is 0 Å². The Balaban J connectivity index is 2.39. The molecule has 1 N–H and O–H groups in total. The molecule has 0 aromatic heterocycles. The molecule has 0 unspecified atom stereocenters. The van der Waals surface area contributed by atoms with E-state index in [9.17, 15) is 13.2 Å². The summed E-state index contributed by atoms with van der Waals surface area (Å²) in [6.45, 7) is 5.86. The van der Waals surface area contributed by atoms with Crippen LogP contribution < -0.4 is 5.32 Å². The van der Waals surface area contributed by atoms with Crippen molar-refractivity contribution in [1.82, 2.24) is 10.2 Å². The first-order valence-corrected chi connectivity index (χ1v) is 5.42. The maximum absolute atomic E-state index is 12.2. The third-order valence-electron chi connectivity index (χ3n) is 3.02. The van der Waals surface area contributed by atoms with Gasteiger partial charge in [0.1, 0.15) is 0 Å². The van der Waals surface area contributed by atoms with E-state index in [0.29, 0.717) is 24.9 Å². The maximum Gasteiger partial charge on any atom is 0.401 e. The average molecular weight is 224 g/mol. The van der Waals surface area contributed by atoms with Crippen LogP contribution in [0, 0.1) is 11.8 Å². The molecule has 1 aliphatic heterocycles. The zero-order valence-corrected chi connectivity index (χ0v) is 9.27. The second-order valence-corrected chi connectivity index (χ2v) is 4.34. The fraction of sp³-hybridized carbons (Fsp3) is 1.00. The normalized spacial score (nSPS) is 27.6. The molecule has 0 radical (unpaired) electrons. The molecule has 2 atom stereocenters. The summed E-state index contributed by atoms with van der Waals surface area (Å²) >= 11 is 0. The van der Waals surface area contributed by atoms with Crippen molar-refractivity contribution in [3.63, 3.8) is 0 Å². The van der Waals surface area contributed by atoms with E-state index in [-0.39, 0.29) is 0 Å². The largest absolute Gasteiger partial charge is 0.401 e. The van der Waals surface area contributed by atoms with Gasteiger partial charge in [-0.05, 0) is 31.5 Å². The van der Waals surface area contributed by atoms with Crippen LogP contribution >= 0.6 is 0 Å². The summed E-state index contributed by atoms with van der Waals surface area (Å²) in [6, 6.07) is 0. The first-order chi connectivity index (χ1) is 6.92. The van der Waals surface area contributed by atoms with Crippen molar-refractivity contribution >= 4 is 0 Å². The minimum Gasteiger partial charge on any atom is -0.316 e. The van der Waals surface area contributed by atoms with Crippen molar-refractivity contribution in [1.29, 1.82) is 0 Å². The molecule has 0 bridgehead atoms. The Morgan fingerprint density at radius 2 is 2.00 bits per heavy atom. The van der Waals surface area contributed by atoms with E-state index in [0.717, 1.165) is 13.1 Å². The summed E-state index contributed by atoms with van der Waals surface area (Å²) in [7, 11) is 0. The first-order valence-electron chi connectivity index (χ1n) is 5.42. The Morgan fingerprint density at radius 3 is 2.40 bits per heavy atom. The van der Waals surface area contributed by atoms with Crippen LogP contribution in [0.3, 0.4) is 0 Å². The Labute approximate surface area is 88.8 Å². The second-order valence-electron chi connectivity index (χ2n) is 4.34. The molecule has 5 heteroatoms. The van der Waals surface area contributed by atoms with Crippen LogP contribution in [0.25, 0.3) is 0 Å². The number of rotatable bonds is 4. The molecule has 0 aliphatic carbocycles. The highest BCUT2D eigenvalue weighted by Gasteiger charge is 2.32. The summed E-state index contributed by atoms with van der Waals surface area (Å²) in [5, 5.41) is 3.21. The smallest absolute Gasteiger partial charge is 0.316 e. The van der Waals surface area contributed by atoms with Gasteiger partial charge in [-0.3, -0.25) is 4.90 Å². The molecule has 0 aromatic carbocycles. The second kappa shape index (κ2) is 5.16. The van der Waals surface area contributed by atoms with Crippen molar-refractivity contribution in [3.8, 4) is 0 Å². The summed E-state index contributed by atoms with van der Waals surface area (Å²) in [4.78, 5) is 1.48. The lowest BCUT2D eigenvalue weighted by Gasteiger charge is -2.26. The fourth-order valence-electron chi connectivity index (χ4n) is 2.00. The number of halogens is 3. The molecule has 0 amide bonds. The van der Waals surface area contributed by atoms with Gasteiger partial charge in [-0.2, -0.15) is 13.2 Å². The van der Waals surface area contributed by atoms with Crippen LogP contribution in [-0.4, -0.2) is 43.8 Å². The third kappa shape index (κ3) is 4.38. The van der Waals surface area contributed by atoms with Crippen molar-refractivity contribution in [2.45, 2.75) is 20.0 Å². The van der Waals surface area contributed by atoms with Crippen LogP contribution in [0.1, 0.15) is 13.8 Å². The van der Waals surface area contributed by atoms with Gasteiger partial charge in [0, 0.05) is 6.54 Å². The quantitative estimate of drug-likeness (QED) is 0.782. The van der Waals surface area contributed by atoms with E-state index < -0.39 is 12.7 Å². The lowest BCUT2D eigenvalue weighted by molar-refractivity contribution is -0.146. The predicted octanol–water partition coefficient (Wildman–Crippen LogP) is 1.73. The molecule has 1 rings (SSSR count). The lowest BCUT2D eigenvalue weighted by Crippen LogP contribution is -2.38. The molecule has 0 saturated carbocycles. The molecule has 1 fully saturated rings. The Kier molecular flexibility index (Phi) is 4.40. The summed E-state index contributed by atoms with van der Waals surface area (Å²) in [6.07, 6.45) is -4.08. The molecule has 1 aliphatic rings. The topological polar surface area (TPSA) is 15.3 Å². The van der Waals surface area contributed by atoms with Gasteiger partial charge in [-0.25, -0.2) is 0 Å². The highest BCUT2D eigenvalue weighted by molar-refractivity contribution is 4.81. The van der Waals surface area contributed by atoms with Gasteiger partial charge in [0.25, 0.3) is 0 Å². The van der Waals surface area contributed by atoms with E-state index in [1.165, 1.54) is 4.90 Å². The number of hydrogen-bond donors (Lipinski definition) is 1. The highest BCUT2D eigenvalue weighted by Crippen LogP contribution is 2.21. The van der Waals surface area contributed by atoms with Crippen LogP contribution in [0.5, 0.6) is 0 Å². The highest BCUT2D eigenvalue weighted by atomic mass is 19.4. The SMILES string of the molecule is CCN(C[C@@H]1CNC[C@H]1C)CC(F)(F)F. The molecule has 2 nitrogen and oxygen atoms in total. The summed E-state index contributed by atoms with van der Waals surface area (Å²) in [5.74, 6) is 0.833. The van der Waals surface area contributed by atoms with E-state index >= 15 is 0 Å². The minimum atomic E-state index is -4.08. The van der Waals surface area contributed by atoms with Crippen molar-refractivity contribution in [2.24, 2.45) is 11.8 Å². The lowest BCUT2D eigenvalue weighted by atomic mass is 9.97.